The summed E-state index contributed by atoms with van der Waals surface area (Å²) in [6.07, 6.45) is -9.60. The average molecular weight is 895 g/mol. The van der Waals surface area contributed by atoms with E-state index in [-0.39, 0.29) is 10.8 Å². The van der Waals surface area contributed by atoms with Gasteiger partial charge in [-0.05, 0) is 110 Å². The summed E-state index contributed by atoms with van der Waals surface area (Å²) in [5.74, 6) is 0. The van der Waals surface area contributed by atoms with E-state index in [9.17, 15) is 0 Å². The Balaban J connectivity index is 1.23. The van der Waals surface area contributed by atoms with Gasteiger partial charge in [0.25, 0.3) is 6.71 Å². The van der Waals surface area contributed by atoms with E-state index in [1.54, 1.807) is 0 Å². The van der Waals surface area contributed by atoms with Gasteiger partial charge in [0.1, 0.15) is 0 Å². The summed E-state index contributed by atoms with van der Waals surface area (Å²) >= 11 is 0. The number of rotatable bonds is 2. The zero-order valence-corrected chi connectivity index (χ0v) is 36.3. The van der Waals surface area contributed by atoms with Gasteiger partial charge in [-0.1, -0.05) is 151 Å². The molecule has 2 nitrogen and oxygen atoms in total. The van der Waals surface area contributed by atoms with Crippen molar-refractivity contribution in [2.45, 2.75) is 31.6 Å². The van der Waals surface area contributed by atoms with Crippen LogP contribution in [-0.2, 0) is 17.8 Å². The van der Waals surface area contributed by atoms with E-state index in [0.717, 1.165) is 117 Å². The number of hydrogen-bond acceptors (Lipinski definition) is 0. The second-order valence-electron chi connectivity index (χ2n) is 19.1. The number of fused-ring (bicyclic) bond motifs is 13. The van der Waals surface area contributed by atoms with Crippen molar-refractivity contribution in [1.29, 1.82) is 0 Å². The van der Waals surface area contributed by atoms with Crippen LogP contribution in [0.5, 0.6) is 0 Å². The van der Waals surface area contributed by atoms with Crippen molar-refractivity contribution < 1.29 is 26.3 Å². The lowest BCUT2D eigenvalue weighted by molar-refractivity contribution is -0.138. The molecule has 4 aliphatic rings. The maximum atomic E-state index is 15.6. The van der Waals surface area contributed by atoms with Crippen LogP contribution in [0.3, 0.4) is 0 Å². The first kappa shape index (κ1) is 38.3. The van der Waals surface area contributed by atoms with Gasteiger partial charge in [-0.25, -0.2) is 0 Å². The molecule has 0 radical (unpaired) electrons. The number of aryl methyl sites for hydroxylation is 2. The minimum atomic E-state index is -4.80. The monoisotopic (exact) mass is 894 g/mol. The summed E-state index contributed by atoms with van der Waals surface area (Å²) in [6.45, 7) is 3.39. The summed E-state index contributed by atoms with van der Waals surface area (Å²) in [7, 11) is 0. The number of benzene rings is 9. The third kappa shape index (κ3) is 4.48. The molecule has 15 rings (SSSR count). The molecule has 0 unspecified atom stereocenters. The zero-order chi connectivity index (χ0) is 45.9. The van der Waals surface area contributed by atoms with Crippen LogP contribution in [0.15, 0.2) is 164 Å². The Labute approximate surface area is 385 Å². The molecule has 9 aromatic carbocycles. The van der Waals surface area contributed by atoms with Gasteiger partial charge in [0.05, 0.1) is 33.3 Å². The van der Waals surface area contributed by atoms with E-state index in [2.05, 4.69) is 97.3 Å². The van der Waals surface area contributed by atoms with E-state index in [0.29, 0.717) is 22.1 Å². The number of alkyl halides is 6. The number of nitrogens with zero attached hydrogens (tertiary/aromatic N) is 2. The molecule has 0 saturated heterocycles. The second kappa shape index (κ2) is 12.4. The molecule has 9 heteroatoms. The minimum Gasteiger partial charge on any atom is -0.310 e. The fourth-order valence-corrected chi connectivity index (χ4v) is 13.1. The van der Waals surface area contributed by atoms with E-state index >= 15 is 26.3 Å². The van der Waals surface area contributed by atoms with E-state index in [1.165, 1.54) is 12.1 Å². The third-order valence-electron chi connectivity index (χ3n) is 15.6. The van der Waals surface area contributed by atoms with Gasteiger partial charge in [-0.3, -0.25) is 0 Å². The van der Waals surface area contributed by atoms with Crippen LogP contribution in [0.2, 0.25) is 0 Å². The highest BCUT2D eigenvalue weighted by Gasteiger charge is 2.55. The highest BCUT2D eigenvalue weighted by Crippen LogP contribution is 2.62. The van der Waals surface area contributed by atoms with Gasteiger partial charge in [0.2, 0.25) is 0 Å². The molecular weight excluding hydrogens is 861 g/mol. The standard InChI is InChI=1S/C59H33BF6N2/c1-30-15-19-32(20-16-30)49-50-37-10-4-3-9-34(37)25-46-56(50)67(52(49)33-21-17-31(2)18-22-33)48-24-23-44-55-51(48)60(46)47-29-36(59(64,65)66)27-41-40-26-35(58(61,62)63)28-45(53(40)68(55)54(41)47)57(44)42-13-7-5-11-38(42)39-12-6-8-14-43(39)57/h3-29H,1-2H3. The van der Waals surface area contributed by atoms with Crippen molar-refractivity contribution in [3.63, 3.8) is 0 Å². The van der Waals surface area contributed by atoms with Crippen LogP contribution in [0.4, 0.5) is 26.3 Å². The summed E-state index contributed by atoms with van der Waals surface area (Å²) in [5.41, 5.74) is 13.3. The normalized spacial score (nSPS) is 14.6. The Hall–Kier alpha value is -7.78. The topological polar surface area (TPSA) is 9.86 Å². The average Bonchev–Trinajstić information content (AvgIpc) is 3.97. The fourth-order valence-electron chi connectivity index (χ4n) is 13.1. The highest BCUT2D eigenvalue weighted by atomic mass is 19.4. The van der Waals surface area contributed by atoms with Crippen LogP contribution in [0, 0.1) is 13.8 Å². The largest absolute Gasteiger partial charge is 0.416 e. The highest BCUT2D eigenvalue weighted by molar-refractivity contribution is 7.00. The number of aromatic nitrogens is 2. The second-order valence-corrected chi connectivity index (χ2v) is 19.1. The molecule has 0 saturated carbocycles. The van der Waals surface area contributed by atoms with Crippen molar-refractivity contribution in [1.82, 2.24) is 9.13 Å². The number of halogens is 6. The molecule has 0 amide bonds. The van der Waals surface area contributed by atoms with Crippen molar-refractivity contribution in [3.8, 4) is 44.9 Å². The van der Waals surface area contributed by atoms with Gasteiger partial charge >= 0.3 is 12.4 Å². The van der Waals surface area contributed by atoms with Crippen LogP contribution in [-0.4, -0.2) is 15.8 Å². The van der Waals surface area contributed by atoms with Gasteiger partial charge in [0.15, 0.2) is 0 Å². The van der Waals surface area contributed by atoms with Crippen molar-refractivity contribution in [3.05, 3.63) is 208 Å². The summed E-state index contributed by atoms with van der Waals surface area (Å²) < 4.78 is 97.7. The fraction of sp³-hybridized carbons (Fsp3) is 0.0847. The molecule has 5 heterocycles. The third-order valence-corrected chi connectivity index (χ3v) is 15.6. The number of hydrogen-bond donors (Lipinski definition) is 0. The molecule has 68 heavy (non-hydrogen) atoms. The lowest BCUT2D eigenvalue weighted by Crippen LogP contribution is -2.60. The maximum Gasteiger partial charge on any atom is 0.416 e. The van der Waals surface area contributed by atoms with Crippen molar-refractivity contribution in [2.24, 2.45) is 0 Å². The molecule has 0 bridgehead atoms. The Bertz CT molecular complexity index is 4090. The predicted molar refractivity (Wildman–Crippen MR) is 261 cm³/mol. The molecule has 3 aliphatic heterocycles. The lowest BCUT2D eigenvalue weighted by Gasteiger charge is -2.44. The predicted octanol–water partition coefficient (Wildman–Crippen LogP) is 13.7. The maximum absolute atomic E-state index is 15.6. The SMILES string of the molecule is Cc1ccc(-c2c(-c3ccc(C)cc3)n3c4c(cc5ccccc5c24)B2c4c-3ccc3c4-n4c5c2cc(C(F)(F)F)cc5c2cc(C(F)(F)F)cc(c24)C32c3ccccc3-c3ccccc32)cc1. The van der Waals surface area contributed by atoms with Crippen LogP contribution in [0.1, 0.15) is 44.5 Å². The molecule has 2 aromatic heterocycles. The molecule has 324 valence electrons. The molecule has 11 aromatic rings. The van der Waals surface area contributed by atoms with E-state index in [4.69, 9.17) is 0 Å². The lowest BCUT2D eigenvalue weighted by atomic mass is 9.33. The molecule has 0 N–H and O–H groups in total. The van der Waals surface area contributed by atoms with Crippen molar-refractivity contribution in [2.75, 3.05) is 0 Å². The smallest absolute Gasteiger partial charge is 0.310 e. The zero-order valence-electron chi connectivity index (χ0n) is 36.3. The Morgan fingerprint density at radius 3 is 1.71 bits per heavy atom. The van der Waals surface area contributed by atoms with Gasteiger partial charge < -0.3 is 9.13 Å². The molecule has 0 atom stereocenters. The van der Waals surface area contributed by atoms with Crippen LogP contribution < -0.4 is 16.4 Å². The molecular formula is C59H33BF6N2. The van der Waals surface area contributed by atoms with Crippen LogP contribution >= 0.6 is 0 Å². The quantitative estimate of drug-likeness (QED) is 0.121. The van der Waals surface area contributed by atoms with Crippen LogP contribution in [0.25, 0.3) is 88.4 Å². The first-order chi connectivity index (χ1) is 32.8. The molecule has 1 spiro atoms. The summed E-state index contributed by atoms with van der Waals surface area (Å²) in [6, 6.07) is 52.1. The van der Waals surface area contributed by atoms with E-state index in [1.807, 2.05) is 65.2 Å². The van der Waals surface area contributed by atoms with Gasteiger partial charge in [-0.2, -0.15) is 26.3 Å². The Morgan fingerprint density at radius 2 is 1.04 bits per heavy atom. The molecule has 1 aliphatic carbocycles. The first-order valence-corrected chi connectivity index (χ1v) is 22.8. The van der Waals surface area contributed by atoms with Gasteiger partial charge in [-0.15, -0.1) is 0 Å². The first-order valence-electron chi connectivity index (χ1n) is 22.8. The van der Waals surface area contributed by atoms with Gasteiger partial charge in [0, 0.05) is 38.6 Å². The van der Waals surface area contributed by atoms with E-state index < -0.39 is 35.6 Å². The Morgan fingerprint density at radius 1 is 0.471 bits per heavy atom. The summed E-state index contributed by atoms with van der Waals surface area (Å²) in [4.78, 5) is 0. The summed E-state index contributed by atoms with van der Waals surface area (Å²) in [5, 5.41) is 3.23. The minimum absolute atomic E-state index is 0.144. The van der Waals surface area contributed by atoms with Crippen molar-refractivity contribution >= 4 is 66.6 Å². The molecule has 0 fully saturated rings. The Kier molecular flexibility index (Phi) is 6.99.